The number of benzene rings is 2. The monoisotopic (exact) mass is 347 g/mol. The van der Waals surface area contributed by atoms with Crippen molar-refractivity contribution in [2.45, 2.75) is 30.6 Å². The third kappa shape index (κ3) is 2.99. The molecule has 24 heavy (non-hydrogen) atoms. The lowest BCUT2D eigenvalue weighted by Gasteiger charge is -2.27. The molecule has 0 saturated carbocycles. The number of hydrogen-bond donors (Lipinski definition) is 0. The Balaban J connectivity index is 2.04. The first-order chi connectivity index (χ1) is 11.2. The minimum Gasteiger partial charge on any atom is -0.340 e. The molecule has 0 bridgehead atoms. The van der Waals surface area contributed by atoms with Gasteiger partial charge in [0.05, 0.1) is 10.6 Å². The number of rotatable bonds is 3. The summed E-state index contributed by atoms with van der Waals surface area (Å²) in [4.78, 5) is 4.79. The zero-order valence-corrected chi connectivity index (χ0v) is 14.5. The van der Waals surface area contributed by atoms with Crippen molar-refractivity contribution in [3.63, 3.8) is 0 Å². The molecule has 6 heteroatoms. The molecule has 0 radical (unpaired) electrons. The van der Waals surface area contributed by atoms with Crippen molar-refractivity contribution < 1.29 is 17.5 Å². The fraction of sp³-hybridized carbons (Fsp3) is 0.278. The summed E-state index contributed by atoms with van der Waals surface area (Å²) in [7, 11) is -3.26. The lowest BCUT2D eigenvalue weighted by Crippen LogP contribution is -2.32. The van der Waals surface area contributed by atoms with E-state index in [0.717, 1.165) is 11.1 Å². The number of aliphatic imine (C=N–C) groups is 1. The molecule has 0 amide bonds. The van der Waals surface area contributed by atoms with E-state index < -0.39 is 15.4 Å². The van der Waals surface area contributed by atoms with Gasteiger partial charge in [0.25, 0.3) is 0 Å². The molecule has 0 aromatic heterocycles. The standard InChI is InChI=1S/C18H18FNO3S/c1-12-20-17(13-4-8-15(19)9-5-13)18(2,23-12)14-6-10-16(11-7-14)24(3,21)22/h4-12H,1-3H3. The maximum Gasteiger partial charge on any atom is 0.175 e. The highest BCUT2D eigenvalue weighted by molar-refractivity contribution is 7.90. The normalized spacial score (nSPS) is 24.0. The Morgan fingerprint density at radius 3 is 2.21 bits per heavy atom. The smallest absolute Gasteiger partial charge is 0.175 e. The van der Waals surface area contributed by atoms with Crippen LogP contribution in [0.2, 0.25) is 0 Å². The number of halogens is 1. The van der Waals surface area contributed by atoms with E-state index in [4.69, 9.17) is 4.74 Å². The van der Waals surface area contributed by atoms with Gasteiger partial charge in [-0.3, -0.25) is 4.99 Å². The molecule has 0 N–H and O–H groups in total. The summed E-state index contributed by atoms with van der Waals surface area (Å²) >= 11 is 0. The van der Waals surface area contributed by atoms with E-state index in [0.29, 0.717) is 5.71 Å². The molecule has 0 saturated heterocycles. The Morgan fingerprint density at radius 1 is 1.08 bits per heavy atom. The predicted octanol–water partition coefficient (Wildman–Crippen LogP) is 3.31. The van der Waals surface area contributed by atoms with Crippen LogP contribution in [0.25, 0.3) is 0 Å². The number of hydrogen-bond acceptors (Lipinski definition) is 4. The van der Waals surface area contributed by atoms with Crippen LogP contribution >= 0.6 is 0 Å². The Labute approximate surface area is 140 Å². The fourth-order valence-corrected chi connectivity index (χ4v) is 3.54. The van der Waals surface area contributed by atoms with Gasteiger partial charge >= 0.3 is 0 Å². The van der Waals surface area contributed by atoms with E-state index in [1.807, 2.05) is 13.8 Å². The first-order valence-electron chi connectivity index (χ1n) is 7.53. The SMILES string of the molecule is CC1N=C(c2ccc(F)cc2)C(C)(c2ccc(S(C)(=O)=O)cc2)O1. The molecule has 126 valence electrons. The van der Waals surface area contributed by atoms with Gasteiger partial charge in [0, 0.05) is 6.26 Å². The van der Waals surface area contributed by atoms with Crippen molar-refractivity contribution in [2.75, 3.05) is 6.26 Å². The van der Waals surface area contributed by atoms with Gasteiger partial charge < -0.3 is 4.74 Å². The summed E-state index contributed by atoms with van der Waals surface area (Å²) in [5.74, 6) is -0.314. The van der Waals surface area contributed by atoms with Gasteiger partial charge in [0.2, 0.25) is 0 Å². The summed E-state index contributed by atoms with van der Waals surface area (Å²) in [5.41, 5.74) is 1.44. The molecule has 1 aliphatic heterocycles. The second-order valence-corrected chi connectivity index (χ2v) is 8.05. The molecule has 2 atom stereocenters. The first-order valence-corrected chi connectivity index (χ1v) is 9.42. The van der Waals surface area contributed by atoms with Crippen molar-refractivity contribution in [1.29, 1.82) is 0 Å². The van der Waals surface area contributed by atoms with E-state index in [2.05, 4.69) is 4.99 Å². The molecule has 2 aromatic carbocycles. The van der Waals surface area contributed by atoms with Crippen molar-refractivity contribution in [2.24, 2.45) is 4.99 Å². The van der Waals surface area contributed by atoms with Gasteiger partial charge in [-0.15, -0.1) is 0 Å². The van der Waals surface area contributed by atoms with Gasteiger partial charge in [-0.05, 0) is 49.2 Å². The third-order valence-electron chi connectivity index (χ3n) is 4.12. The summed E-state index contributed by atoms with van der Waals surface area (Å²) < 4.78 is 42.5. The minimum absolute atomic E-state index is 0.251. The highest BCUT2D eigenvalue weighted by atomic mass is 32.2. The molecule has 1 heterocycles. The van der Waals surface area contributed by atoms with Gasteiger partial charge in [0.1, 0.15) is 17.6 Å². The molecular weight excluding hydrogens is 329 g/mol. The molecule has 2 unspecified atom stereocenters. The zero-order chi connectivity index (χ0) is 17.5. The van der Waals surface area contributed by atoms with Crippen LogP contribution in [0.1, 0.15) is 25.0 Å². The topological polar surface area (TPSA) is 55.7 Å². The van der Waals surface area contributed by atoms with Crippen LogP contribution in [0.3, 0.4) is 0 Å². The largest absolute Gasteiger partial charge is 0.340 e. The van der Waals surface area contributed by atoms with Crippen LogP contribution in [-0.2, 0) is 20.2 Å². The Hall–Kier alpha value is -2.05. The number of sulfone groups is 1. The Bertz CT molecular complexity index is 889. The van der Waals surface area contributed by atoms with E-state index in [1.165, 1.54) is 18.4 Å². The third-order valence-corrected chi connectivity index (χ3v) is 5.25. The summed E-state index contributed by atoms with van der Waals surface area (Å²) in [5, 5.41) is 0. The van der Waals surface area contributed by atoms with Crippen molar-refractivity contribution in [3.8, 4) is 0 Å². The maximum atomic E-state index is 13.2. The van der Waals surface area contributed by atoms with Crippen LogP contribution in [0.15, 0.2) is 58.4 Å². The predicted molar refractivity (Wildman–Crippen MR) is 90.4 cm³/mol. The average Bonchev–Trinajstić information content (AvgIpc) is 2.83. The molecule has 4 nitrogen and oxygen atoms in total. The molecular formula is C18H18FNO3S. The van der Waals surface area contributed by atoms with Crippen LogP contribution < -0.4 is 0 Å². The zero-order valence-electron chi connectivity index (χ0n) is 13.7. The van der Waals surface area contributed by atoms with Gasteiger partial charge in [-0.2, -0.15) is 0 Å². The van der Waals surface area contributed by atoms with E-state index in [-0.39, 0.29) is 16.9 Å². The molecule has 1 aliphatic rings. The summed E-state index contributed by atoms with van der Waals surface area (Å²) in [6.45, 7) is 3.72. The Kier molecular flexibility index (Phi) is 4.05. The van der Waals surface area contributed by atoms with E-state index in [9.17, 15) is 12.8 Å². The van der Waals surface area contributed by atoms with Crippen molar-refractivity contribution in [3.05, 3.63) is 65.5 Å². The molecule has 0 aliphatic carbocycles. The molecule has 0 spiro atoms. The quantitative estimate of drug-likeness (QED) is 0.856. The molecule has 2 aromatic rings. The average molecular weight is 347 g/mol. The minimum atomic E-state index is -3.26. The fourth-order valence-electron chi connectivity index (χ4n) is 2.91. The van der Waals surface area contributed by atoms with Crippen LogP contribution in [0, 0.1) is 5.82 Å². The van der Waals surface area contributed by atoms with Crippen LogP contribution in [-0.4, -0.2) is 26.6 Å². The number of nitrogens with zero attached hydrogens (tertiary/aromatic N) is 1. The van der Waals surface area contributed by atoms with Crippen molar-refractivity contribution >= 4 is 15.5 Å². The maximum absolute atomic E-state index is 13.2. The molecule has 0 fully saturated rings. The van der Waals surface area contributed by atoms with Crippen LogP contribution in [0.5, 0.6) is 0 Å². The Morgan fingerprint density at radius 2 is 1.67 bits per heavy atom. The second kappa shape index (κ2) is 5.79. The summed E-state index contributed by atoms with van der Waals surface area (Å²) in [6, 6.07) is 12.7. The lowest BCUT2D eigenvalue weighted by molar-refractivity contribution is -0.00713. The van der Waals surface area contributed by atoms with Crippen molar-refractivity contribution in [1.82, 2.24) is 0 Å². The number of ether oxygens (including phenoxy) is 1. The lowest BCUT2D eigenvalue weighted by atomic mass is 9.87. The van der Waals surface area contributed by atoms with E-state index >= 15 is 0 Å². The van der Waals surface area contributed by atoms with Gasteiger partial charge in [-0.1, -0.05) is 24.3 Å². The molecule has 3 rings (SSSR count). The summed E-state index contributed by atoms with van der Waals surface area (Å²) in [6.07, 6.45) is 0.827. The first kappa shape index (κ1) is 16.8. The van der Waals surface area contributed by atoms with E-state index in [1.54, 1.807) is 36.4 Å². The second-order valence-electron chi connectivity index (χ2n) is 6.03. The highest BCUT2D eigenvalue weighted by Gasteiger charge is 2.41. The van der Waals surface area contributed by atoms with Gasteiger partial charge in [-0.25, -0.2) is 12.8 Å². The highest BCUT2D eigenvalue weighted by Crippen LogP contribution is 2.37. The van der Waals surface area contributed by atoms with Gasteiger partial charge in [0.15, 0.2) is 9.84 Å². The van der Waals surface area contributed by atoms with Crippen LogP contribution in [0.4, 0.5) is 4.39 Å².